The monoisotopic (exact) mass is 874 g/mol. The first-order valence-corrected chi connectivity index (χ1v) is 22.7. The van der Waals surface area contributed by atoms with E-state index in [4.69, 9.17) is 28.4 Å². The van der Waals surface area contributed by atoms with Crippen molar-refractivity contribution >= 4 is 0 Å². The minimum Gasteiger partial charge on any atom is -0.497 e. The Bertz CT molecular complexity index is 2380. The molecule has 0 aliphatic carbocycles. The fourth-order valence-corrected chi connectivity index (χ4v) is 8.79. The molecular formula is C60H58O6. The Balaban J connectivity index is 1.03. The second-order valence-electron chi connectivity index (χ2n) is 16.1. The van der Waals surface area contributed by atoms with Crippen LogP contribution in [0, 0.1) is 0 Å². The molecule has 0 N–H and O–H groups in total. The van der Waals surface area contributed by atoms with Gasteiger partial charge < -0.3 is 28.4 Å². The van der Waals surface area contributed by atoms with Crippen molar-refractivity contribution in [1.29, 1.82) is 0 Å². The molecular weight excluding hydrogens is 817 g/mol. The number of benzene rings is 8. The molecule has 0 bridgehead atoms. The molecule has 0 spiro atoms. The maximum absolute atomic E-state index is 6.98. The van der Waals surface area contributed by atoms with Crippen LogP contribution in [0.4, 0.5) is 0 Å². The van der Waals surface area contributed by atoms with Crippen LogP contribution in [0.1, 0.15) is 80.8 Å². The van der Waals surface area contributed by atoms with E-state index in [2.05, 4.69) is 146 Å². The Morgan fingerprint density at radius 3 is 0.712 bits per heavy atom. The van der Waals surface area contributed by atoms with Gasteiger partial charge in [0, 0.05) is 11.8 Å². The molecule has 8 rings (SSSR count). The van der Waals surface area contributed by atoms with Gasteiger partial charge in [-0.25, -0.2) is 0 Å². The number of rotatable bonds is 23. The zero-order valence-electron chi connectivity index (χ0n) is 37.7. The summed E-state index contributed by atoms with van der Waals surface area (Å²) in [5, 5.41) is 0. The third kappa shape index (κ3) is 11.9. The summed E-state index contributed by atoms with van der Waals surface area (Å²) in [5.41, 5.74) is 8.78. The summed E-state index contributed by atoms with van der Waals surface area (Å²) in [5.74, 6) is 1.45. The maximum atomic E-state index is 6.98. The highest BCUT2D eigenvalue weighted by molar-refractivity contribution is 5.41. The zero-order chi connectivity index (χ0) is 45.2. The van der Waals surface area contributed by atoms with E-state index in [1.165, 1.54) is 0 Å². The molecule has 6 atom stereocenters. The fraction of sp³-hybridized carbons (Fsp3) is 0.200. The van der Waals surface area contributed by atoms with E-state index in [0.29, 0.717) is 26.4 Å². The van der Waals surface area contributed by atoms with Gasteiger partial charge in [-0.15, -0.1) is 0 Å². The molecule has 0 aliphatic heterocycles. The molecule has 0 aliphatic rings. The van der Waals surface area contributed by atoms with Crippen LogP contribution in [0.15, 0.2) is 231 Å². The van der Waals surface area contributed by atoms with E-state index in [1.54, 1.807) is 14.2 Å². The van der Waals surface area contributed by atoms with E-state index in [-0.39, 0.29) is 24.0 Å². The van der Waals surface area contributed by atoms with Crippen molar-refractivity contribution < 1.29 is 28.4 Å². The topological polar surface area (TPSA) is 55.4 Å². The van der Waals surface area contributed by atoms with Gasteiger partial charge in [0.1, 0.15) is 23.7 Å². The van der Waals surface area contributed by atoms with Crippen molar-refractivity contribution in [3.63, 3.8) is 0 Å². The number of methoxy groups -OCH3 is 2. The Labute approximate surface area is 390 Å². The molecule has 0 aromatic heterocycles. The van der Waals surface area contributed by atoms with Gasteiger partial charge in [-0.05, 0) is 68.8 Å². The van der Waals surface area contributed by atoms with Gasteiger partial charge in [-0.2, -0.15) is 0 Å². The lowest BCUT2D eigenvalue weighted by molar-refractivity contribution is -0.109. The van der Waals surface area contributed by atoms with Crippen molar-refractivity contribution in [3.05, 3.63) is 275 Å². The van der Waals surface area contributed by atoms with E-state index < -0.39 is 12.2 Å². The Hall–Kier alpha value is -6.80. The first-order valence-electron chi connectivity index (χ1n) is 22.7. The van der Waals surface area contributed by atoms with Crippen LogP contribution >= 0.6 is 0 Å². The van der Waals surface area contributed by atoms with Crippen molar-refractivity contribution in [1.82, 2.24) is 0 Å². The predicted molar refractivity (Wildman–Crippen MR) is 263 cm³/mol. The quantitative estimate of drug-likeness (QED) is 0.0597. The largest absolute Gasteiger partial charge is 0.497 e. The smallest absolute Gasteiger partial charge is 0.118 e. The van der Waals surface area contributed by atoms with Gasteiger partial charge >= 0.3 is 0 Å². The third-order valence-corrected chi connectivity index (χ3v) is 12.0. The summed E-state index contributed by atoms with van der Waals surface area (Å²) in [6.07, 6.45) is -1.48. The van der Waals surface area contributed by atoms with Crippen LogP contribution in [-0.2, 0) is 18.9 Å². The normalized spacial score (nSPS) is 14.0. The SMILES string of the molecule is COc1ccc([C@H](c2ccccc2)[C@H](OCCO[C@@H](c2ccccc2)[C@@H](OCCO[C@H](c2ccccc2)[C@@H](c2ccccc2)c2ccc(OC)cc2)c2ccccc2)c2ccccc2)cc1. The number of ether oxygens (including phenoxy) is 6. The average Bonchev–Trinajstić information content (AvgIpc) is 3.40. The van der Waals surface area contributed by atoms with Crippen LogP contribution in [0.25, 0.3) is 0 Å². The van der Waals surface area contributed by atoms with E-state index in [9.17, 15) is 0 Å². The second kappa shape index (κ2) is 23.9. The molecule has 8 aromatic rings. The summed E-state index contributed by atoms with van der Waals surface area (Å²) in [7, 11) is 3.38. The van der Waals surface area contributed by atoms with E-state index in [1.807, 2.05) is 84.9 Å². The second-order valence-corrected chi connectivity index (χ2v) is 16.1. The lowest BCUT2D eigenvalue weighted by Crippen LogP contribution is -2.24. The van der Waals surface area contributed by atoms with Gasteiger partial charge in [0.2, 0.25) is 0 Å². The molecule has 6 nitrogen and oxygen atoms in total. The predicted octanol–water partition coefficient (Wildman–Crippen LogP) is 13.7. The molecule has 0 unspecified atom stereocenters. The van der Waals surface area contributed by atoms with Gasteiger partial charge in [-0.3, -0.25) is 0 Å². The number of hydrogen-bond donors (Lipinski definition) is 0. The molecule has 0 amide bonds. The molecule has 66 heavy (non-hydrogen) atoms. The molecule has 0 radical (unpaired) electrons. The highest BCUT2D eigenvalue weighted by atomic mass is 16.6. The van der Waals surface area contributed by atoms with E-state index >= 15 is 0 Å². The maximum Gasteiger partial charge on any atom is 0.118 e. The van der Waals surface area contributed by atoms with Gasteiger partial charge in [0.15, 0.2) is 0 Å². The van der Waals surface area contributed by atoms with Crippen LogP contribution in [0.2, 0.25) is 0 Å². The lowest BCUT2D eigenvalue weighted by atomic mass is 9.83. The summed E-state index contributed by atoms with van der Waals surface area (Å²) in [4.78, 5) is 0. The first kappa shape index (κ1) is 45.8. The highest BCUT2D eigenvalue weighted by Crippen LogP contribution is 2.42. The Morgan fingerprint density at radius 1 is 0.242 bits per heavy atom. The Morgan fingerprint density at radius 2 is 0.455 bits per heavy atom. The third-order valence-electron chi connectivity index (χ3n) is 12.0. The molecule has 0 saturated carbocycles. The first-order chi connectivity index (χ1) is 32.7. The van der Waals surface area contributed by atoms with Crippen molar-refractivity contribution in [2.45, 2.75) is 36.3 Å². The summed E-state index contributed by atoms with van der Waals surface area (Å²) >= 11 is 0. The Kier molecular flexibility index (Phi) is 16.6. The van der Waals surface area contributed by atoms with Crippen molar-refractivity contribution in [2.24, 2.45) is 0 Å². The van der Waals surface area contributed by atoms with Crippen LogP contribution in [-0.4, -0.2) is 40.6 Å². The van der Waals surface area contributed by atoms with Gasteiger partial charge in [-0.1, -0.05) is 206 Å². The summed E-state index contributed by atoms with van der Waals surface area (Å²) < 4.78 is 38.9. The minimum absolute atomic E-state index is 0.0873. The van der Waals surface area contributed by atoms with E-state index in [0.717, 1.165) is 56.0 Å². The standard InChI is InChI=1S/C60H58O6/c1-61-53-37-33-47(34-38-53)55(45-21-9-3-10-22-45)57(49-25-13-5-14-26-49)63-41-43-65-59(51-29-17-7-18-30-51)60(52-31-19-8-20-32-52)66-44-42-64-58(50-27-15-6-16-28-50)56(46-23-11-4-12-24-46)48-35-39-54(62-2)40-36-48/h3-40,55-60H,41-44H2,1-2H3/t55-,56-,57+,58+,59-,60-/m0/s1. The molecule has 8 aromatic carbocycles. The minimum atomic E-state index is -0.444. The zero-order valence-corrected chi connectivity index (χ0v) is 37.7. The molecule has 0 fully saturated rings. The molecule has 0 heterocycles. The lowest BCUT2D eigenvalue weighted by Gasteiger charge is -2.31. The van der Waals surface area contributed by atoms with Gasteiger partial charge in [0.05, 0.1) is 52.9 Å². The summed E-state index contributed by atoms with van der Waals surface area (Å²) in [6.45, 7) is 1.34. The summed E-state index contributed by atoms with van der Waals surface area (Å²) in [6, 6.07) is 79.3. The fourth-order valence-electron chi connectivity index (χ4n) is 8.79. The van der Waals surface area contributed by atoms with Crippen LogP contribution < -0.4 is 9.47 Å². The molecule has 334 valence electrons. The average molecular weight is 875 g/mol. The van der Waals surface area contributed by atoms with Crippen molar-refractivity contribution in [2.75, 3.05) is 40.6 Å². The van der Waals surface area contributed by atoms with Crippen LogP contribution in [0.3, 0.4) is 0 Å². The van der Waals surface area contributed by atoms with Crippen LogP contribution in [0.5, 0.6) is 11.5 Å². The highest BCUT2D eigenvalue weighted by Gasteiger charge is 2.31. The number of hydrogen-bond acceptors (Lipinski definition) is 6. The molecule has 6 heteroatoms. The molecule has 0 saturated heterocycles. The van der Waals surface area contributed by atoms with Crippen molar-refractivity contribution in [3.8, 4) is 11.5 Å². The van der Waals surface area contributed by atoms with Gasteiger partial charge in [0.25, 0.3) is 0 Å².